The van der Waals surface area contributed by atoms with Crippen LogP contribution < -0.4 is 10.2 Å². The van der Waals surface area contributed by atoms with Crippen LogP contribution in [0.25, 0.3) is 0 Å². The first-order valence-electron chi connectivity index (χ1n) is 7.47. The molecule has 0 aliphatic carbocycles. The first-order valence-corrected chi connectivity index (χ1v) is 7.47. The predicted molar refractivity (Wildman–Crippen MR) is 83.4 cm³/mol. The summed E-state index contributed by atoms with van der Waals surface area (Å²) in [4.78, 5) is 25.6. The molecule has 6 nitrogen and oxygen atoms in total. The summed E-state index contributed by atoms with van der Waals surface area (Å²) >= 11 is 0. The molecule has 1 amide bonds. The van der Waals surface area contributed by atoms with E-state index in [1.807, 2.05) is 24.8 Å². The second kappa shape index (κ2) is 6.39. The van der Waals surface area contributed by atoms with Crippen molar-refractivity contribution in [2.24, 2.45) is 0 Å². The van der Waals surface area contributed by atoms with Crippen LogP contribution in [0, 0.1) is 13.8 Å². The van der Waals surface area contributed by atoms with Crippen molar-refractivity contribution in [2.75, 3.05) is 31.6 Å². The monoisotopic (exact) mass is 291 g/mol. The fraction of sp³-hybridized carbons (Fsp3) is 0.667. The predicted octanol–water partition coefficient (Wildman–Crippen LogP) is 0.738. The third-order valence-electron chi connectivity index (χ3n) is 3.92. The van der Waals surface area contributed by atoms with Crippen LogP contribution >= 0.6 is 0 Å². The summed E-state index contributed by atoms with van der Waals surface area (Å²) in [5.74, 6) is 0.674. The Morgan fingerprint density at radius 2 is 1.90 bits per heavy atom. The fourth-order valence-electron chi connectivity index (χ4n) is 2.74. The first kappa shape index (κ1) is 15.7. The maximum Gasteiger partial charge on any atom is 0.243 e. The van der Waals surface area contributed by atoms with E-state index in [0.717, 1.165) is 24.5 Å². The number of likely N-dealkylation sites (N-methyl/N-ethyl adjacent to an activating group) is 1. The van der Waals surface area contributed by atoms with Crippen molar-refractivity contribution in [3.63, 3.8) is 0 Å². The molecular formula is C15H25N5O. The number of piperazine rings is 1. The Morgan fingerprint density at radius 3 is 2.43 bits per heavy atom. The van der Waals surface area contributed by atoms with Crippen molar-refractivity contribution in [1.29, 1.82) is 0 Å². The van der Waals surface area contributed by atoms with E-state index in [1.54, 1.807) is 7.05 Å². The van der Waals surface area contributed by atoms with Gasteiger partial charge in [0.15, 0.2) is 0 Å². The molecule has 1 aromatic rings. The molecule has 1 N–H and O–H groups in total. The molecule has 1 aliphatic heterocycles. The first-order chi connectivity index (χ1) is 9.92. The summed E-state index contributed by atoms with van der Waals surface area (Å²) < 4.78 is 0. The molecule has 1 aromatic heterocycles. The highest BCUT2D eigenvalue weighted by Crippen LogP contribution is 2.19. The number of aromatic nitrogens is 2. The molecule has 21 heavy (non-hydrogen) atoms. The van der Waals surface area contributed by atoms with Crippen molar-refractivity contribution in [3.05, 3.63) is 17.5 Å². The maximum absolute atomic E-state index is 12.3. The minimum Gasteiger partial charge on any atom is -0.357 e. The lowest BCUT2D eigenvalue weighted by atomic mass is 10.1. The van der Waals surface area contributed by atoms with Crippen LogP contribution in [0.15, 0.2) is 6.07 Å². The molecular weight excluding hydrogens is 266 g/mol. The summed E-state index contributed by atoms with van der Waals surface area (Å²) in [5.41, 5.74) is 1.86. The maximum atomic E-state index is 12.3. The Hall–Kier alpha value is -1.69. The second-order valence-corrected chi connectivity index (χ2v) is 5.86. The summed E-state index contributed by atoms with van der Waals surface area (Å²) in [6.07, 6.45) is 0. The van der Waals surface area contributed by atoms with E-state index in [0.29, 0.717) is 18.5 Å². The van der Waals surface area contributed by atoms with Crippen LogP contribution in [0.3, 0.4) is 0 Å². The highest BCUT2D eigenvalue weighted by atomic mass is 16.2. The summed E-state index contributed by atoms with van der Waals surface area (Å²) in [5, 5.41) is 2.76. The van der Waals surface area contributed by atoms with Gasteiger partial charge in [-0.05, 0) is 33.8 Å². The quantitative estimate of drug-likeness (QED) is 0.890. The normalized spacial score (nSPS) is 19.9. The van der Waals surface area contributed by atoms with Gasteiger partial charge in [-0.1, -0.05) is 0 Å². The van der Waals surface area contributed by atoms with Crippen LogP contribution in [0.5, 0.6) is 0 Å². The molecule has 1 saturated heterocycles. The minimum absolute atomic E-state index is 0.0168. The van der Waals surface area contributed by atoms with Crippen molar-refractivity contribution in [1.82, 2.24) is 20.2 Å². The molecule has 0 radical (unpaired) electrons. The average molecular weight is 291 g/mol. The molecule has 6 heteroatoms. The minimum atomic E-state index is -0.243. The Balaban J connectivity index is 2.29. The topological polar surface area (TPSA) is 61.4 Å². The van der Waals surface area contributed by atoms with Gasteiger partial charge in [-0.2, -0.15) is 0 Å². The Labute approximate surface area is 126 Å². The molecule has 0 spiro atoms. The van der Waals surface area contributed by atoms with E-state index >= 15 is 0 Å². The highest BCUT2D eigenvalue weighted by Gasteiger charge is 2.34. The third-order valence-corrected chi connectivity index (χ3v) is 3.92. The molecule has 116 valence electrons. The molecule has 2 heterocycles. The van der Waals surface area contributed by atoms with Crippen molar-refractivity contribution >= 4 is 11.9 Å². The summed E-state index contributed by atoms with van der Waals surface area (Å²) in [6, 6.07) is 2.13. The Kier molecular flexibility index (Phi) is 4.77. The molecule has 0 aromatic carbocycles. The van der Waals surface area contributed by atoms with Gasteiger partial charge in [-0.3, -0.25) is 9.69 Å². The van der Waals surface area contributed by atoms with Gasteiger partial charge in [0.05, 0.1) is 0 Å². The molecule has 1 aliphatic rings. The van der Waals surface area contributed by atoms with Crippen LogP contribution in [0.1, 0.15) is 25.2 Å². The second-order valence-electron chi connectivity index (χ2n) is 5.86. The molecule has 0 bridgehead atoms. The van der Waals surface area contributed by atoms with Crippen molar-refractivity contribution in [2.45, 2.75) is 39.8 Å². The lowest BCUT2D eigenvalue weighted by Crippen LogP contribution is -2.60. The largest absolute Gasteiger partial charge is 0.357 e. The fourth-order valence-corrected chi connectivity index (χ4v) is 2.74. The number of hydrogen-bond acceptors (Lipinski definition) is 5. The number of carbonyl (C=O) groups is 1. The van der Waals surface area contributed by atoms with E-state index < -0.39 is 0 Å². The Bertz CT molecular complexity index is 497. The smallest absolute Gasteiger partial charge is 0.243 e. The molecule has 2 rings (SSSR count). The van der Waals surface area contributed by atoms with Gasteiger partial charge in [-0.15, -0.1) is 0 Å². The number of carbonyl (C=O) groups excluding carboxylic acids is 1. The van der Waals surface area contributed by atoms with E-state index in [2.05, 4.69) is 34.0 Å². The highest BCUT2D eigenvalue weighted by molar-refractivity contribution is 5.85. The molecule has 1 atom stereocenters. The lowest BCUT2D eigenvalue weighted by molar-refractivity contribution is -0.123. The van der Waals surface area contributed by atoms with Crippen LogP contribution in [0.4, 0.5) is 5.95 Å². The van der Waals surface area contributed by atoms with Gasteiger partial charge in [0.25, 0.3) is 0 Å². The van der Waals surface area contributed by atoms with Gasteiger partial charge in [0, 0.05) is 44.1 Å². The number of nitrogens with zero attached hydrogens (tertiary/aromatic N) is 4. The molecule has 1 fully saturated rings. The van der Waals surface area contributed by atoms with Gasteiger partial charge in [0.1, 0.15) is 6.04 Å². The number of nitrogens with one attached hydrogen (secondary N) is 1. The van der Waals surface area contributed by atoms with E-state index in [1.165, 1.54) is 0 Å². The number of hydrogen-bond donors (Lipinski definition) is 1. The zero-order chi connectivity index (χ0) is 15.6. The third kappa shape index (κ3) is 3.50. The van der Waals surface area contributed by atoms with Crippen LogP contribution in [0.2, 0.25) is 0 Å². The summed E-state index contributed by atoms with van der Waals surface area (Å²) in [6.45, 7) is 10.6. The lowest BCUT2D eigenvalue weighted by Gasteiger charge is -2.42. The number of anilines is 1. The van der Waals surface area contributed by atoms with Crippen LogP contribution in [-0.4, -0.2) is 59.5 Å². The van der Waals surface area contributed by atoms with Gasteiger partial charge in [0.2, 0.25) is 11.9 Å². The van der Waals surface area contributed by atoms with Crippen molar-refractivity contribution < 1.29 is 4.79 Å². The van der Waals surface area contributed by atoms with Crippen LogP contribution in [-0.2, 0) is 4.79 Å². The van der Waals surface area contributed by atoms with Gasteiger partial charge >= 0.3 is 0 Å². The van der Waals surface area contributed by atoms with E-state index in [-0.39, 0.29) is 11.9 Å². The SMILES string of the molecule is CNC(=O)C1CN(C(C)C)CCN1c1nc(C)cc(C)n1. The Morgan fingerprint density at radius 1 is 1.29 bits per heavy atom. The zero-order valence-corrected chi connectivity index (χ0v) is 13.6. The molecule has 0 saturated carbocycles. The molecule has 1 unspecified atom stereocenters. The zero-order valence-electron chi connectivity index (χ0n) is 13.6. The summed E-state index contributed by atoms with van der Waals surface area (Å²) in [7, 11) is 1.68. The number of rotatable bonds is 3. The number of aryl methyl sites for hydroxylation is 2. The van der Waals surface area contributed by atoms with Gasteiger partial charge in [-0.25, -0.2) is 9.97 Å². The standard InChI is InChI=1S/C15H25N5O/c1-10(2)19-6-7-20(13(9-19)14(21)16-5)15-17-11(3)8-12(4)18-15/h8,10,13H,6-7,9H2,1-5H3,(H,16,21). The van der Waals surface area contributed by atoms with E-state index in [9.17, 15) is 4.79 Å². The number of amides is 1. The van der Waals surface area contributed by atoms with E-state index in [4.69, 9.17) is 0 Å². The van der Waals surface area contributed by atoms with Crippen molar-refractivity contribution in [3.8, 4) is 0 Å². The van der Waals surface area contributed by atoms with Gasteiger partial charge < -0.3 is 10.2 Å². The average Bonchev–Trinajstić information content (AvgIpc) is 2.44.